The minimum absolute atomic E-state index is 0.222. The molecule has 0 amide bonds. The first-order chi connectivity index (χ1) is 8.25. The first-order valence-electron chi connectivity index (χ1n) is 6.00. The number of nitrogens with two attached hydrogens (primary N) is 1. The van der Waals surface area contributed by atoms with Gasteiger partial charge in [0.25, 0.3) is 0 Å². The van der Waals surface area contributed by atoms with E-state index in [1.165, 1.54) is 38.5 Å². The highest BCUT2D eigenvalue weighted by Crippen LogP contribution is 2.15. The molecule has 1 aromatic rings. The van der Waals surface area contributed by atoms with Gasteiger partial charge >= 0.3 is 0 Å². The zero-order valence-electron chi connectivity index (χ0n) is 9.82. The molecule has 5 nitrogen and oxygen atoms in total. The normalized spacial score (nSPS) is 17.0. The monoisotopic (exact) mass is 255 g/mol. The van der Waals surface area contributed by atoms with E-state index in [2.05, 4.69) is 20.2 Å². The Balaban J connectivity index is 1.79. The number of nitrogens with one attached hydrogen (secondary N) is 1. The van der Waals surface area contributed by atoms with E-state index in [1.807, 2.05) is 0 Å². The van der Waals surface area contributed by atoms with Gasteiger partial charge in [0.15, 0.2) is 5.82 Å². The van der Waals surface area contributed by atoms with Gasteiger partial charge in [-0.2, -0.15) is 4.98 Å². The van der Waals surface area contributed by atoms with Gasteiger partial charge in [-0.25, -0.2) is 4.98 Å². The Morgan fingerprint density at radius 3 is 2.88 bits per heavy atom. The molecule has 0 spiro atoms. The van der Waals surface area contributed by atoms with Crippen LogP contribution in [0.4, 0.5) is 11.5 Å². The van der Waals surface area contributed by atoms with E-state index in [4.69, 9.17) is 17.3 Å². The third-order valence-corrected chi connectivity index (χ3v) is 3.14. The van der Waals surface area contributed by atoms with Gasteiger partial charge < -0.3 is 16.0 Å². The smallest absolute Gasteiger partial charge is 0.224 e. The summed E-state index contributed by atoms with van der Waals surface area (Å²) >= 11 is 5.72. The molecule has 1 fully saturated rings. The quantitative estimate of drug-likeness (QED) is 0.801. The molecule has 1 aliphatic heterocycles. The Morgan fingerprint density at radius 1 is 1.35 bits per heavy atom. The summed E-state index contributed by atoms with van der Waals surface area (Å²) in [6.45, 7) is 4.24. The molecule has 0 unspecified atom stereocenters. The van der Waals surface area contributed by atoms with Crippen LogP contribution in [0.15, 0.2) is 6.20 Å². The fourth-order valence-electron chi connectivity index (χ4n) is 2.03. The number of nitrogens with zero attached hydrogens (tertiary/aromatic N) is 3. The lowest BCUT2D eigenvalue weighted by Gasteiger charge is -2.26. The second-order valence-electron chi connectivity index (χ2n) is 4.27. The summed E-state index contributed by atoms with van der Waals surface area (Å²) in [6.07, 6.45) is 5.50. The number of hydrogen-bond donors (Lipinski definition) is 2. The summed E-state index contributed by atoms with van der Waals surface area (Å²) in [5.74, 6) is 0.627. The summed E-state index contributed by atoms with van der Waals surface area (Å²) in [5, 5.41) is 3.42. The molecule has 0 radical (unpaired) electrons. The van der Waals surface area contributed by atoms with Gasteiger partial charge in [-0.05, 0) is 37.5 Å². The van der Waals surface area contributed by atoms with Crippen molar-refractivity contribution in [1.82, 2.24) is 14.9 Å². The number of piperidine rings is 1. The predicted molar refractivity (Wildman–Crippen MR) is 70.2 cm³/mol. The number of rotatable bonds is 4. The molecule has 0 saturated carbocycles. The van der Waals surface area contributed by atoms with Crippen LogP contribution in [0.25, 0.3) is 0 Å². The van der Waals surface area contributed by atoms with Crippen molar-refractivity contribution in [1.29, 1.82) is 0 Å². The van der Waals surface area contributed by atoms with E-state index in [0.717, 1.165) is 13.1 Å². The Bertz CT molecular complexity index is 365. The highest BCUT2D eigenvalue weighted by molar-refractivity contribution is 6.28. The number of hydrogen-bond acceptors (Lipinski definition) is 5. The third kappa shape index (κ3) is 3.71. The molecular weight excluding hydrogens is 238 g/mol. The average molecular weight is 256 g/mol. The summed E-state index contributed by atoms with van der Waals surface area (Å²) < 4.78 is 0. The van der Waals surface area contributed by atoms with Crippen LogP contribution in [0, 0.1) is 0 Å². The fraction of sp³-hybridized carbons (Fsp3) is 0.636. The van der Waals surface area contributed by atoms with Gasteiger partial charge in [-0.3, -0.25) is 0 Å². The van der Waals surface area contributed by atoms with Crippen LogP contribution in [-0.4, -0.2) is 41.0 Å². The van der Waals surface area contributed by atoms with Crippen LogP contribution in [0.2, 0.25) is 5.28 Å². The molecule has 2 rings (SSSR count). The van der Waals surface area contributed by atoms with Gasteiger partial charge in [0.2, 0.25) is 5.28 Å². The lowest BCUT2D eigenvalue weighted by Crippen LogP contribution is -2.33. The van der Waals surface area contributed by atoms with E-state index < -0.39 is 0 Å². The minimum atomic E-state index is 0.222. The zero-order valence-corrected chi connectivity index (χ0v) is 10.6. The van der Waals surface area contributed by atoms with Gasteiger partial charge in [-0.1, -0.05) is 6.42 Å². The minimum Gasteiger partial charge on any atom is -0.394 e. The molecule has 3 N–H and O–H groups in total. The molecular formula is C11H18ClN5. The number of anilines is 2. The number of likely N-dealkylation sites (tertiary alicyclic amines) is 1. The molecule has 17 heavy (non-hydrogen) atoms. The molecule has 94 valence electrons. The SMILES string of the molecule is Nc1cnc(Cl)nc1NCCN1CCCCC1. The Kier molecular flexibility index (Phi) is 4.39. The van der Waals surface area contributed by atoms with E-state index in [0.29, 0.717) is 11.5 Å². The standard InChI is InChI=1S/C11H18ClN5/c12-11-15-8-9(13)10(16-11)14-4-7-17-5-2-1-3-6-17/h8H,1-7,13H2,(H,14,15,16). The molecule has 1 aliphatic rings. The van der Waals surface area contributed by atoms with E-state index in [-0.39, 0.29) is 5.28 Å². The predicted octanol–water partition coefficient (Wildman–Crippen LogP) is 1.61. The van der Waals surface area contributed by atoms with Crippen molar-refractivity contribution in [2.45, 2.75) is 19.3 Å². The summed E-state index contributed by atoms with van der Waals surface area (Å²) in [4.78, 5) is 10.3. The molecule has 0 atom stereocenters. The van der Waals surface area contributed by atoms with E-state index in [1.54, 1.807) is 0 Å². The molecule has 1 aromatic heterocycles. The molecule has 6 heteroatoms. The Hall–Kier alpha value is -1.07. The van der Waals surface area contributed by atoms with Crippen molar-refractivity contribution in [3.63, 3.8) is 0 Å². The van der Waals surface area contributed by atoms with Crippen molar-refractivity contribution in [2.24, 2.45) is 0 Å². The largest absolute Gasteiger partial charge is 0.394 e. The van der Waals surface area contributed by atoms with Gasteiger partial charge in [0.1, 0.15) is 0 Å². The maximum Gasteiger partial charge on any atom is 0.224 e. The zero-order chi connectivity index (χ0) is 12.1. The van der Waals surface area contributed by atoms with Gasteiger partial charge in [0, 0.05) is 13.1 Å². The van der Waals surface area contributed by atoms with Crippen LogP contribution in [-0.2, 0) is 0 Å². The van der Waals surface area contributed by atoms with Crippen molar-refractivity contribution in [2.75, 3.05) is 37.2 Å². The van der Waals surface area contributed by atoms with Crippen LogP contribution in [0.1, 0.15) is 19.3 Å². The highest BCUT2D eigenvalue weighted by atomic mass is 35.5. The number of aromatic nitrogens is 2. The molecule has 2 heterocycles. The summed E-state index contributed by atoms with van der Waals surface area (Å²) in [6, 6.07) is 0. The highest BCUT2D eigenvalue weighted by Gasteiger charge is 2.09. The van der Waals surface area contributed by atoms with Gasteiger partial charge in [0.05, 0.1) is 11.9 Å². The third-order valence-electron chi connectivity index (χ3n) is 2.96. The molecule has 0 bridgehead atoms. The van der Waals surface area contributed by atoms with Crippen molar-refractivity contribution >= 4 is 23.1 Å². The molecule has 1 saturated heterocycles. The maximum absolute atomic E-state index is 5.75. The molecule has 0 aromatic carbocycles. The van der Waals surface area contributed by atoms with Gasteiger partial charge in [-0.15, -0.1) is 0 Å². The Labute approximate surface area is 106 Å². The Morgan fingerprint density at radius 2 is 2.12 bits per heavy atom. The van der Waals surface area contributed by atoms with Crippen LogP contribution in [0.3, 0.4) is 0 Å². The average Bonchev–Trinajstić information content (AvgIpc) is 2.35. The second kappa shape index (κ2) is 6.02. The van der Waals surface area contributed by atoms with Crippen LogP contribution < -0.4 is 11.1 Å². The van der Waals surface area contributed by atoms with Crippen molar-refractivity contribution < 1.29 is 0 Å². The van der Waals surface area contributed by atoms with Crippen molar-refractivity contribution in [3.8, 4) is 0 Å². The maximum atomic E-state index is 5.75. The van der Waals surface area contributed by atoms with Crippen LogP contribution >= 0.6 is 11.6 Å². The van der Waals surface area contributed by atoms with E-state index in [9.17, 15) is 0 Å². The number of halogens is 1. The fourth-order valence-corrected chi connectivity index (χ4v) is 2.16. The number of nitrogen functional groups attached to an aromatic ring is 1. The lowest BCUT2D eigenvalue weighted by molar-refractivity contribution is 0.237. The molecule has 0 aliphatic carbocycles. The van der Waals surface area contributed by atoms with Crippen molar-refractivity contribution in [3.05, 3.63) is 11.5 Å². The van der Waals surface area contributed by atoms with E-state index >= 15 is 0 Å². The lowest BCUT2D eigenvalue weighted by atomic mass is 10.1. The second-order valence-corrected chi connectivity index (χ2v) is 4.61. The first-order valence-corrected chi connectivity index (χ1v) is 6.38. The summed E-state index contributed by atoms with van der Waals surface area (Å²) in [7, 11) is 0. The van der Waals surface area contributed by atoms with Crippen LogP contribution in [0.5, 0.6) is 0 Å². The summed E-state index contributed by atoms with van der Waals surface area (Å²) in [5.41, 5.74) is 6.28. The topological polar surface area (TPSA) is 67.1 Å². The first kappa shape index (κ1) is 12.4.